The van der Waals surface area contributed by atoms with E-state index in [0.29, 0.717) is 8.95 Å². The minimum Gasteiger partial charge on any atom is -0.507 e. The van der Waals surface area contributed by atoms with Crippen LogP contribution in [-0.2, 0) is 10.3 Å². The van der Waals surface area contributed by atoms with Gasteiger partial charge in [-0.1, -0.05) is 6.07 Å². The van der Waals surface area contributed by atoms with Gasteiger partial charge >= 0.3 is 11.9 Å². The highest BCUT2D eigenvalue weighted by atomic mass is 79.9. The first-order valence-electron chi connectivity index (χ1n) is 10.0. The van der Waals surface area contributed by atoms with Crippen LogP contribution in [-0.4, -0.2) is 27.3 Å². The molecule has 0 saturated carbocycles. The molecule has 0 bridgehead atoms. The van der Waals surface area contributed by atoms with E-state index >= 15 is 0 Å². The molecule has 0 unspecified atom stereocenters. The number of aromatic hydroxyl groups is 2. The third kappa shape index (κ3) is 3.19. The van der Waals surface area contributed by atoms with Crippen LogP contribution >= 0.6 is 31.9 Å². The number of ether oxygens (including phenoxy) is 1. The Bertz CT molecular complexity index is 1310. The Hall–Kier alpha value is -2.84. The molecule has 6 nitrogen and oxygen atoms in total. The molecule has 0 aliphatic carbocycles. The molecule has 1 heterocycles. The van der Waals surface area contributed by atoms with Crippen LogP contribution in [0, 0.1) is 27.7 Å². The minimum atomic E-state index is -1.94. The summed E-state index contributed by atoms with van der Waals surface area (Å²) in [5.41, 5.74) is 1.31. The first-order valence-corrected chi connectivity index (χ1v) is 11.6. The number of fused-ring (bicyclic) bond motifs is 1. The van der Waals surface area contributed by atoms with Crippen molar-refractivity contribution in [3.63, 3.8) is 0 Å². The fourth-order valence-electron chi connectivity index (χ4n) is 4.39. The summed E-state index contributed by atoms with van der Waals surface area (Å²) in [5, 5.41) is 32.4. The van der Waals surface area contributed by atoms with E-state index in [4.69, 9.17) is 4.74 Å². The van der Waals surface area contributed by atoms with E-state index < -0.39 is 17.5 Å². The number of benzene rings is 3. The van der Waals surface area contributed by atoms with E-state index in [0.717, 1.165) is 22.3 Å². The summed E-state index contributed by atoms with van der Waals surface area (Å²) in [7, 11) is 0. The summed E-state index contributed by atoms with van der Waals surface area (Å²) in [6.45, 7) is 7.28. The average Bonchev–Trinajstić information content (AvgIpc) is 3.03. The second kappa shape index (κ2) is 7.88. The fraction of sp³-hybridized carbons (Fsp3) is 0.200. The maximum Gasteiger partial charge on any atom is 0.340 e. The molecule has 0 radical (unpaired) electrons. The van der Waals surface area contributed by atoms with Gasteiger partial charge in [0.05, 0.1) is 22.3 Å². The number of esters is 1. The lowest BCUT2D eigenvalue weighted by atomic mass is 9.75. The second-order valence-corrected chi connectivity index (χ2v) is 9.74. The van der Waals surface area contributed by atoms with E-state index in [1.807, 2.05) is 27.7 Å². The molecule has 0 saturated heterocycles. The zero-order valence-corrected chi connectivity index (χ0v) is 21.4. The molecule has 1 aliphatic heterocycles. The molecule has 3 N–H and O–H groups in total. The highest BCUT2D eigenvalue weighted by molar-refractivity contribution is 9.11. The van der Waals surface area contributed by atoms with Gasteiger partial charge in [0.15, 0.2) is 5.60 Å². The molecule has 33 heavy (non-hydrogen) atoms. The maximum absolute atomic E-state index is 13.1. The SMILES string of the molecule is Cc1cc(O)c(C2(c3c(O)cc(C)c(C)c3Br)OC(=O)c3cccc(C(=O)O)c32)c(Br)c1C. The molecule has 0 spiro atoms. The molecular weight excluding hydrogens is 556 g/mol. The maximum atomic E-state index is 13.1. The number of halogens is 2. The lowest BCUT2D eigenvalue weighted by Crippen LogP contribution is -2.33. The van der Waals surface area contributed by atoms with Crippen LogP contribution in [0.2, 0.25) is 0 Å². The van der Waals surface area contributed by atoms with Crippen molar-refractivity contribution in [3.8, 4) is 11.5 Å². The van der Waals surface area contributed by atoms with Crippen LogP contribution in [0.4, 0.5) is 0 Å². The van der Waals surface area contributed by atoms with Gasteiger partial charge in [-0.2, -0.15) is 0 Å². The molecule has 0 fully saturated rings. The van der Waals surface area contributed by atoms with Crippen LogP contribution in [0.1, 0.15) is 59.7 Å². The van der Waals surface area contributed by atoms with E-state index in [1.165, 1.54) is 30.3 Å². The summed E-state index contributed by atoms with van der Waals surface area (Å²) in [4.78, 5) is 25.4. The largest absolute Gasteiger partial charge is 0.507 e. The highest BCUT2D eigenvalue weighted by Crippen LogP contribution is 2.57. The number of carboxylic acids is 1. The Morgan fingerprint density at radius 2 is 1.36 bits per heavy atom. The molecule has 8 heteroatoms. The zero-order chi connectivity index (χ0) is 24.4. The van der Waals surface area contributed by atoms with Crippen molar-refractivity contribution in [2.75, 3.05) is 0 Å². The number of aromatic carboxylic acids is 1. The fourth-order valence-corrected chi connectivity index (χ4v) is 5.98. The molecule has 3 aromatic rings. The quantitative estimate of drug-likeness (QED) is 0.330. The normalized spacial score (nSPS) is 14.2. The van der Waals surface area contributed by atoms with Crippen LogP contribution in [0.25, 0.3) is 0 Å². The number of aryl methyl sites for hydroxylation is 2. The lowest BCUT2D eigenvalue weighted by molar-refractivity contribution is 0.0229. The number of carboxylic acid groups (broad SMARTS) is 1. The van der Waals surface area contributed by atoms with Crippen LogP contribution in [0.15, 0.2) is 39.3 Å². The molecule has 0 aromatic heterocycles. The van der Waals surface area contributed by atoms with Gasteiger partial charge < -0.3 is 20.1 Å². The van der Waals surface area contributed by atoms with Gasteiger partial charge in [0, 0.05) is 14.5 Å². The van der Waals surface area contributed by atoms with E-state index in [9.17, 15) is 24.9 Å². The Balaban J connectivity index is 2.32. The van der Waals surface area contributed by atoms with Crippen molar-refractivity contribution in [1.82, 2.24) is 0 Å². The molecule has 1 aliphatic rings. The van der Waals surface area contributed by atoms with Crippen LogP contribution < -0.4 is 0 Å². The second-order valence-electron chi connectivity index (χ2n) is 8.16. The summed E-state index contributed by atoms with van der Waals surface area (Å²) in [6.07, 6.45) is 0. The van der Waals surface area contributed by atoms with E-state index in [1.54, 1.807) is 0 Å². The molecule has 170 valence electrons. The predicted octanol–water partition coefficient (Wildman–Crippen LogP) is 6.02. The molecule has 4 rings (SSSR count). The van der Waals surface area contributed by atoms with Gasteiger partial charge in [0.1, 0.15) is 11.5 Å². The molecule has 3 aromatic carbocycles. The number of hydrogen-bond donors (Lipinski definition) is 3. The predicted molar refractivity (Wildman–Crippen MR) is 129 cm³/mol. The smallest absolute Gasteiger partial charge is 0.340 e. The summed E-state index contributed by atoms with van der Waals surface area (Å²) < 4.78 is 6.88. The van der Waals surface area contributed by atoms with Crippen molar-refractivity contribution in [2.24, 2.45) is 0 Å². The zero-order valence-electron chi connectivity index (χ0n) is 18.2. The lowest BCUT2D eigenvalue weighted by Gasteiger charge is -2.35. The van der Waals surface area contributed by atoms with Crippen molar-refractivity contribution >= 4 is 43.8 Å². The third-order valence-corrected chi connectivity index (χ3v) is 8.30. The minimum absolute atomic E-state index is 0.0426. The van der Waals surface area contributed by atoms with E-state index in [-0.39, 0.29) is 39.3 Å². The number of hydrogen-bond acceptors (Lipinski definition) is 5. The third-order valence-electron chi connectivity index (χ3n) is 6.32. The van der Waals surface area contributed by atoms with Crippen molar-refractivity contribution in [3.05, 3.63) is 89.3 Å². The van der Waals surface area contributed by atoms with Gasteiger partial charge in [-0.05, 0) is 106 Å². The molecular formula is C25H20Br2O6. The highest BCUT2D eigenvalue weighted by Gasteiger charge is 2.55. The topological polar surface area (TPSA) is 104 Å². The number of cyclic esters (lactones) is 1. The standard InChI is InChI=1S/C25H20Br2O6/c1-10-8-16(28)19(21(26)12(10)3)25(20-17(29)9-11(2)13(4)22(20)27)18-14(23(30)31)6-5-7-15(18)24(32)33-25/h5-9,28-29H,1-4H3,(H,30,31). The number of carbonyl (C=O) groups excluding carboxylic acids is 1. The molecule has 0 atom stereocenters. The van der Waals surface area contributed by atoms with Crippen LogP contribution in [0.3, 0.4) is 0 Å². The Kier molecular flexibility index (Phi) is 5.57. The number of carbonyl (C=O) groups is 2. The number of rotatable bonds is 3. The van der Waals surface area contributed by atoms with E-state index in [2.05, 4.69) is 31.9 Å². The summed E-state index contributed by atoms with van der Waals surface area (Å²) in [5.74, 6) is -2.46. The Morgan fingerprint density at radius 1 is 0.879 bits per heavy atom. The average molecular weight is 576 g/mol. The van der Waals surface area contributed by atoms with Crippen LogP contribution in [0.5, 0.6) is 11.5 Å². The van der Waals surface area contributed by atoms with Gasteiger partial charge in [-0.25, -0.2) is 9.59 Å². The number of phenolic OH excluding ortho intramolecular Hbond substituents is 2. The molecule has 0 amide bonds. The monoisotopic (exact) mass is 574 g/mol. The van der Waals surface area contributed by atoms with Gasteiger partial charge in [-0.15, -0.1) is 0 Å². The Labute approximate surface area is 207 Å². The number of phenols is 2. The van der Waals surface area contributed by atoms with Crippen molar-refractivity contribution < 1.29 is 29.6 Å². The summed E-state index contributed by atoms with van der Waals surface area (Å²) in [6, 6.07) is 7.36. The van der Waals surface area contributed by atoms with Gasteiger partial charge in [0.2, 0.25) is 0 Å². The van der Waals surface area contributed by atoms with Crippen molar-refractivity contribution in [2.45, 2.75) is 33.3 Å². The van der Waals surface area contributed by atoms with Crippen molar-refractivity contribution in [1.29, 1.82) is 0 Å². The first-order chi connectivity index (χ1) is 15.4. The summed E-state index contributed by atoms with van der Waals surface area (Å²) >= 11 is 7.09. The van der Waals surface area contributed by atoms with Gasteiger partial charge in [-0.3, -0.25) is 0 Å². The first kappa shape index (κ1) is 23.3. The Morgan fingerprint density at radius 3 is 1.82 bits per heavy atom. The van der Waals surface area contributed by atoms with Gasteiger partial charge in [0.25, 0.3) is 0 Å².